The Morgan fingerprint density at radius 1 is 1.31 bits per heavy atom. The number of thiazole rings is 1. The van der Waals surface area contributed by atoms with Crippen LogP contribution in [-0.4, -0.2) is 53.6 Å². The van der Waals surface area contributed by atoms with Gasteiger partial charge < -0.3 is 10.6 Å². The van der Waals surface area contributed by atoms with Gasteiger partial charge in [0, 0.05) is 37.8 Å². The summed E-state index contributed by atoms with van der Waals surface area (Å²) in [5, 5.41) is 10.6. The van der Waals surface area contributed by atoms with Gasteiger partial charge in [-0.05, 0) is 63.7 Å². The number of aliphatic imine (C=N–C) groups is 1. The number of aryl methyl sites for hydroxylation is 1. The highest BCUT2D eigenvalue weighted by Crippen LogP contribution is 2.20. The lowest BCUT2D eigenvalue weighted by Gasteiger charge is -2.30. The number of hydrogen-bond donors (Lipinski definition) is 2. The molecule has 0 amide bonds. The minimum atomic E-state index is 0.532. The van der Waals surface area contributed by atoms with Crippen LogP contribution in [0, 0.1) is 12.8 Å². The van der Waals surface area contributed by atoms with Crippen molar-refractivity contribution in [2.45, 2.75) is 39.7 Å². The van der Waals surface area contributed by atoms with E-state index in [1.165, 1.54) is 24.1 Å². The standard InChI is InChI=1S/C21H31ClN6S/c1-3-23-21(24-9-6-17-4-5-20(22)25-12-17)26-13-18-7-10-28(11-8-18)14-19-15-29-16(2)27-19/h4-5,12,15,18H,3,6-11,13-14H2,1-2H3,(H2,23,24,26). The van der Waals surface area contributed by atoms with Crippen LogP contribution in [0.4, 0.5) is 0 Å². The van der Waals surface area contributed by atoms with Gasteiger partial charge in [-0.3, -0.25) is 9.89 Å². The molecule has 6 nitrogen and oxygen atoms in total. The lowest BCUT2D eigenvalue weighted by atomic mass is 9.97. The van der Waals surface area contributed by atoms with Gasteiger partial charge in [-0.1, -0.05) is 17.7 Å². The molecule has 1 fully saturated rings. The normalized spacial score (nSPS) is 16.2. The van der Waals surface area contributed by atoms with Gasteiger partial charge in [0.15, 0.2) is 5.96 Å². The molecule has 0 aromatic carbocycles. The van der Waals surface area contributed by atoms with Gasteiger partial charge in [0.05, 0.1) is 10.7 Å². The number of nitrogens with zero attached hydrogens (tertiary/aromatic N) is 4. The average molecular weight is 435 g/mol. The van der Waals surface area contributed by atoms with Crippen LogP contribution in [0.5, 0.6) is 0 Å². The van der Waals surface area contributed by atoms with E-state index in [1.54, 1.807) is 11.3 Å². The van der Waals surface area contributed by atoms with Gasteiger partial charge in [0.2, 0.25) is 0 Å². The molecule has 2 aromatic heterocycles. The topological polar surface area (TPSA) is 65.4 Å². The number of aromatic nitrogens is 2. The van der Waals surface area contributed by atoms with Gasteiger partial charge in [-0.25, -0.2) is 9.97 Å². The van der Waals surface area contributed by atoms with Crippen molar-refractivity contribution < 1.29 is 0 Å². The minimum Gasteiger partial charge on any atom is -0.357 e. The molecular formula is C21H31ClN6S. The molecule has 3 heterocycles. The highest BCUT2D eigenvalue weighted by atomic mass is 35.5. The first kappa shape index (κ1) is 22.0. The Kier molecular flexibility index (Phi) is 8.70. The third-order valence-electron chi connectivity index (χ3n) is 5.11. The summed E-state index contributed by atoms with van der Waals surface area (Å²) in [6.07, 6.45) is 5.11. The maximum absolute atomic E-state index is 5.84. The molecule has 2 aromatic rings. The van der Waals surface area contributed by atoms with Gasteiger partial charge in [-0.15, -0.1) is 11.3 Å². The summed E-state index contributed by atoms with van der Waals surface area (Å²) < 4.78 is 0. The number of likely N-dealkylation sites (tertiary alicyclic amines) is 1. The van der Waals surface area contributed by atoms with Crippen molar-refractivity contribution in [2.24, 2.45) is 10.9 Å². The van der Waals surface area contributed by atoms with Crippen molar-refractivity contribution in [3.63, 3.8) is 0 Å². The van der Waals surface area contributed by atoms with E-state index in [0.29, 0.717) is 11.1 Å². The summed E-state index contributed by atoms with van der Waals surface area (Å²) in [5.41, 5.74) is 2.37. The van der Waals surface area contributed by atoms with Gasteiger partial charge in [0.25, 0.3) is 0 Å². The van der Waals surface area contributed by atoms with Crippen LogP contribution in [0.1, 0.15) is 36.0 Å². The molecule has 0 spiro atoms. The smallest absolute Gasteiger partial charge is 0.191 e. The maximum Gasteiger partial charge on any atom is 0.191 e. The number of hydrogen-bond acceptors (Lipinski definition) is 5. The number of rotatable bonds is 8. The van der Waals surface area contributed by atoms with Crippen molar-refractivity contribution in [3.05, 3.63) is 45.1 Å². The van der Waals surface area contributed by atoms with Crippen LogP contribution >= 0.6 is 22.9 Å². The van der Waals surface area contributed by atoms with E-state index in [1.807, 2.05) is 18.3 Å². The van der Waals surface area contributed by atoms with E-state index in [9.17, 15) is 0 Å². The van der Waals surface area contributed by atoms with Crippen molar-refractivity contribution in [1.29, 1.82) is 0 Å². The Balaban J connectivity index is 1.39. The van der Waals surface area contributed by atoms with Crippen LogP contribution in [0.25, 0.3) is 0 Å². The first-order valence-corrected chi connectivity index (χ1v) is 11.6. The van der Waals surface area contributed by atoms with Crippen molar-refractivity contribution in [3.8, 4) is 0 Å². The van der Waals surface area contributed by atoms with Gasteiger partial charge >= 0.3 is 0 Å². The number of halogens is 1. The van der Waals surface area contributed by atoms with Crippen LogP contribution in [-0.2, 0) is 13.0 Å². The van der Waals surface area contributed by atoms with Crippen LogP contribution in [0.2, 0.25) is 5.15 Å². The Morgan fingerprint density at radius 3 is 2.79 bits per heavy atom. The Morgan fingerprint density at radius 2 is 2.14 bits per heavy atom. The molecule has 0 unspecified atom stereocenters. The zero-order chi connectivity index (χ0) is 20.5. The molecule has 0 bridgehead atoms. The SMILES string of the molecule is CCNC(=NCC1CCN(Cc2csc(C)n2)CC1)NCCc1ccc(Cl)nc1. The molecule has 8 heteroatoms. The largest absolute Gasteiger partial charge is 0.357 e. The minimum absolute atomic E-state index is 0.532. The molecule has 0 radical (unpaired) electrons. The highest BCUT2D eigenvalue weighted by molar-refractivity contribution is 7.09. The summed E-state index contributed by atoms with van der Waals surface area (Å²) in [4.78, 5) is 16.1. The summed E-state index contributed by atoms with van der Waals surface area (Å²) in [7, 11) is 0. The Labute approximate surface area is 182 Å². The monoisotopic (exact) mass is 434 g/mol. The second kappa shape index (κ2) is 11.5. The molecule has 2 N–H and O–H groups in total. The average Bonchev–Trinajstić information content (AvgIpc) is 3.13. The molecule has 1 aliphatic rings. The fourth-order valence-corrected chi connectivity index (χ4v) is 4.19. The molecule has 1 saturated heterocycles. The molecule has 158 valence electrons. The van der Waals surface area contributed by atoms with Crippen molar-refractivity contribution >= 4 is 28.9 Å². The second-order valence-electron chi connectivity index (χ2n) is 7.46. The van der Waals surface area contributed by atoms with Gasteiger partial charge in [0.1, 0.15) is 5.15 Å². The molecule has 0 atom stereocenters. The van der Waals surface area contributed by atoms with E-state index in [-0.39, 0.29) is 0 Å². The fraction of sp³-hybridized carbons (Fsp3) is 0.571. The number of guanidine groups is 1. The summed E-state index contributed by atoms with van der Waals surface area (Å²) >= 11 is 7.58. The predicted molar refractivity (Wildman–Crippen MR) is 122 cm³/mol. The van der Waals surface area contributed by atoms with E-state index < -0.39 is 0 Å². The van der Waals surface area contributed by atoms with Crippen LogP contribution < -0.4 is 10.6 Å². The van der Waals surface area contributed by atoms with Crippen LogP contribution in [0.15, 0.2) is 28.7 Å². The summed E-state index contributed by atoms with van der Waals surface area (Å²) in [5.74, 6) is 1.55. The lowest BCUT2D eigenvalue weighted by Crippen LogP contribution is -2.39. The summed E-state index contributed by atoms with van der Waals surface area (Å²) in [6.45, 7) is 9.96. The highest BCUT2D eigenvalue weighted by Gasteiger charge is 2.19. The first-order chi connectivity index (χ1) is 14.1. The lowest BCUT2D eigenvalue weighted by molar-refractivity contribution is 0.179. The number of piperidine rings is 1. The Hall–Kier alpha value is -1.70. The predicted octanol–water partition coefficient (Wildman–Crippen LogP) is 3.51. The van der Waals surface area contributed by atoms with E-state index in [2.05, 4.69) is 44.7 Å². The zero-order valence-corrected chi connectivity index (χ0v) is 18.9. The molecule has 0 aliphatic carbocycles. The van der Waals surface area contributed by atoms with E-state index >= 15 is 0 Å². The maximum atomic E-state index is 5.84. The molecule has 3 rings (SSSR count). The summed E-state index contributed by atoms with van der Waals surface area (Å²) in [6, 6.07) is 3.85. The van der Waals surface area contributed by atoms with E-state index in [4.69, 9.17) is 16.6 Å². The van der Waals surface area contributed by atoms with Crippen LogP contribution in [0.3, 0.4) is 0 Å². The number of pyridine rings is 1. The van der Waals surface area contributed by atoms with Gasteiger partial charge in [-0.2, -0.15) is 0 Å². The Bertz CT molecular complexity index is 768. The molecule has 1 aliphatic heterocycles. The fourth-order valence-electron chi connectivity index (χ4n) is 3.48. The van der Waals surface area contributed by atoms with E-state index in [0.717, 1.165) is 56.7 Å². The number of nitrogens with one attached hydrogen (secondary N) is 2. The van der Waals surface area contributed by atoms with Crippen molar-refractivity contribution in [1.82, 2.24) is 25.5 Å². The third kappa shape index (κ3) is 7.57. The molecular weight excluding hydrogens is 404 g/mol. The quantitative estimate of drug-likeness (QED) is 0.378. The second-order valence-corrected chi connectivity index (χ2v) is 8.91. The van der Waals surface area contributed by atoms with Crippen molar-refractivity contribution in [2.75, 3.05) is 32.7 Å². The third-order valence-corrected chi connectivity index (χ3v) is 6.15. The zero-order valence-electron chi connectivity index (χ0n) is 17.3. The molecule has 0 saturated carbocycles. The molecule has 29 heavy (non-hydrogen) atoms. The first-order valence-electron chi connectivity index (χ1n) is 10.4.